The third kappa shape index (κ3) is 3.74. The maximum Gasteiger partial charge on any atom is 0.325 e. The van der Waals surface area contributed by atoms with Crippen LogP contribution in [0.4, 0.5) is 0 Å². The summed E-state index contributed by atoms with van der Waals surface area (Å²) in [6, 6.07) is 0. The van der Waals surface area contributed by atoms with Crippen LogP contribution in [-0.4, -0.2) is 47.5 Å². The van der Waals surface area contributed by atoms with E-state index in [0.717, 1.165) is 0 Å². The second-order valence-corrected chi connectivity index (χ2v) is 5.91. The van der Waals surface area contributed by atoms with Crippen molar-refractivity contribution < 1.29 is 35.8 Å². The molecule has 8 nitrogen and oxygen atoms in total. The lowest BCUT2D eigenvalue weighted by molar-refractivity contribution is -0.136. The van der Waals surface area contributed by atoms with Crippen molar-refractivity contribution >= 4 is 26.2 Å². The lowest BCUT2D eigenvalue weighted by atomic mass is 10.2. The van der Waals surface area contributed by atoms with Crippen LogP contribution in [0.25, 0.3) is 0 Å². The van der Waals surface area contributed by atoms with Gasteiger partial charge in [-0.2, -0.15) is 16.8 Å². The van der Waals surface area contributed by atoms with E-state index < -0.39 is 43.1 Å². The van der Waals surface area contributed by atoms with Crippen LogP contribution in [0.2, 0.25) is 0 Å². The largest absolute Gasteiger partial charge is 0.480 e. The van der Waals surface area contributed by atoms with Crippen molar-refractivity contribution in [3.63, 3.8) is 0 Å². The van der Waals surface area contributed by atoms with Gasteiger partial charge in [0.2, 0.25) is 5.25 Å². The molecule has 2 atom stereocenters. The number of carboxylic acids is 1. The fourth-order valence-corrected chi connectivity index (χ4v) is 3.58. The minimum absolute atomic E-state index is 0.463. The molecule has 0 saturated carbocycles. The molecule has 0 radical (unpaired) electrons. The summed E-state index contributed by atoms with van der Waals surface area (Å²) in [6.07, 6.45) is -0.463. The Kier molecular flexibility index (Phi) is 4.22. The molecule has 0 bridgehead atoms. The van der Waals surface area contributed by atoms with Gasteiger partial charge in [-0.15, -0.1) is 0 Å². The van der Waals surface area contributed by atoms with E-state index in [-0.39, 0.29) is 0 Å². The first-order valence-electron chi connectivity index (χ1n) is 3.67. The highest BCUT2D eigenvalue weighted by molar-refractivity contribution is 7.91. The Morgan fingerprint density at radius 1 is 1.13 bits per heavy atom. The average Bonchev–Trinajstić information content (AvgIpc) is 1.93. The van der Waals surface area contributed by atoms with Crippen LogP contribution in [0.15, 0.2) is 0 Å². The summed E-state index contributed by atoms with van der Waals surface area (Å²) in [5, 5.41) is 3.78. The minimum atomic E-state index is -5.10. The van der Waals surface area contributed by atoms with Crippen LogP contribution < -0.4 is 0 Å². The molecule has 0 aromatic heterocycles. The highest BCUT2D eigenvalue weighted by Gasteiger charge is 2.44. The Bertz CT molecular complexity index is 432. The molecular weight excluding hydrogens is 252 g/mol. The molecule has 0 heterocycles. The molecule has 0 aromatic rings. The van der Waals surface area contributed by atoms with Crippen LogP contribution >= 0.6 is 0 Å². The third-order valence-electron chi connectivity index (χ3n) is 1.69. The molecule has 90 valence electrons. The van der Waals surface area contributed by atoms with Crippen molar-refractivity contribution in [1.82, 2.24) is 0 Å². The Balaban J connectivity index is 5.55. The third-order valence-corrected chi connectivity index (χ3v) is 4.40. The number of hydrogen-bond acceptors (Lipinski definition) is 5. The summed E-state index contributed by atoms with van der Waals surface area (Å²) in [7, 11) is -9.96. The summed E-state index contributed by atoms with van der Waals surface area (Å²) in [5.74, 6) is -2.04. The number of carbonyl (C=O) groups is 1. The summed E-state index contributed by atoms with van der Waals surface area (Å²) in [4.78, 5) is 10.5. The van der Waals surface area contributed by atoms with Crippen LogP contribution in [0.5, 0.6) is 0 Å². The summed E-state index contributed by atoms with van der Waals surface area (Å²) >= 11 is 0. The molecule has 15 heavy (non-hydrogen) atoms. The van der Waals surface area contributed by atoms with Gasteiger partial charge in [0.15, 0.2) is 0 Å². The van der Waals surface area contributed by atoms with Crippen molar-refractivity contribution in [2.24, 2.45) is 0 Å². The molecule has 2 unspecified atom stereocenters. The first-order chi connectivity index (χ1) is 6.51. The molecule has 10 heteroatoms. The van der Waals surface area contributed by atoms with Gasteiger partial charge in [0.05, 0.1) is 0 Å². The smallest absolute Gasteiger partial charge is 0.325 e. The predicted octanol–water partition coefficient (Wildman–Crippen LogP) is -1.01. The highest BCUT2D eigenvalue weighted by Crippen LogP contribution is 2.16. The lowest BCUT2D eigenvalue weighted by Gasteiger charge is -2.16. The number of rotatable bonds is 5. The van der Waals surface area contributed by atoms with Gasteiger partial charge in [-0.25, -0.2) is 0 Å². The number of carboxylic acid groups (broad SMARTS) is 1. The van der Waals surface area contributed by atoms with E-state index in [2.05, 4.69) is 0 Å². The van der Waals surface area contributed by atoms with E-state index in [1.54, 1.807) is 0 Å². The van der Waals surface area contributed by atoms with E-state index in [4.69, 9.17) is 14.2 Å². The molecule has 0 fully saturated rings. The standard InChI is InChI=1S/C5H10O8S2/c1-2-3(14(8,9)10)4(5(6)7)15(11,12)13/h3-4H,2H2,1H3,(H,6,7)(H,8,9,10)(H,11,12,13). The zero-order chi connectivity index (χ0) is 12.4. The van der Waals surface area contributed by atoms with Gasteiger partial charge in [0, 0.05) is 0 Å². The van der Waals surface area contributed by atoms with Crippen LogP contribution in [0.3, 0.4) is 0 Å². The number of hydrogen-bond donors (Lipinski definition) is 3. The van der Waals surface area contributed by atoms with Crippen molar-refractivity contribution in [2.45, 2.75) is 23.8 Å². The Labute approximate surface area is 86.4 Å². The summed E-state index contributed by atoms with van der Waals surface area (Å²) < 4.78 is 59.7. The Morgan fingerprint density at radius 2 is 1.53 bits per heavy atom. The normalized spacial score (nSPS) is 17.0. The fraction of sp³-hybridized carbons (Fsp3) is 0.800. The summed E-state index contributed by atoms with van der Waals surface area (Å²) in [5.41, 5.74) is 0. The van der Waals surface area contributed by atoms with Crippen LogP contribution in [0, 0.1) is 0 Å². The van der Waals surface area contributed by atoms with Crippen molar-refractivity contribution in [3.05, 3.63) is 0 Å². The van der Waals surface area contributed by atoms with Gasteiger partial charge in [-0.05, 0) is 6.42 Å². The molecule has 0 aromatic carbocycles. The predicted molar refractivity (Wildman–Crippen MR) is 48.6 cm³/mol. The van der Waals surface area contributed by atoms with E-state index in [9.17, 15) is 21.6 Å². The van der Waals surface area contributed by atoms with Gasteiger partial charge in [0.1, 0.15) is 5.25 Å². The molecule has 0 rings (SSSR count). The maximum absolute atomic E-state index is 10.7. The van der Waals surface area contributed by atoms with Crippen LogP contribution in [-0.2, 0) is 25.0 Å². The lowest BCUT2D eigenvalue weighted by Crippen LogP contribution is -2.44. The second kappa shape index (κ2) is 4.43. The second-order valence-electron chi connectivity index (χ2n) is 2.74. The van der Waals surface area contributed by atoms with Gasteiger partial charge in [0.25, 0.3) is 20.2 Å². The zero-order valence-electron chi connectivity index (χ0n) is 7.56. The quantitative estimate of drug-likeness (QED) is 0.534. The average molecular weight is 262 g/mol. The minimum Gasteiger partial charge on any atom is -0.480 e. The molecule has 0 aliphatic rings. The van der Waals surface area contributed by atoms with Gasteiger partial charge >= 0.3 is 5.97 Å². The molecule has 0 aliphatic carbocycles. The molecule has 0 amide bonds. The zero-order valence-corrected chi connectivity index (χ0v) is 9.19. The van der Waals surface area contributed by atoms with Gasteiger partial charge in [-0.1, -0.05) is 6.92 Å². The van der Waals surface area contributed by atoms with E-state index in [1.807, 2.05) is 0 Å². The van der Waals surface area contributed by atoms with Crippen molar-refractivity contribution in [1.29, 1.82) is 0 Å². The maximum atomic E-state index is 10.7. The van der Waals surface area contributed by atoms with E-state index in [0.29, 0.717) is 0 Å². The molecular formula is C5H10O8S2. The fourth-order valence-electron chi connectivity index (χ4n) is 1.06. The number of aliphatic carboxylic acids is 1. The van der Waals surface area contributed by atoms with Crippen molar-refractivity contribution in [2.75, 3.05) is 0 Å². The Hall–Kier alpha value is -0.710. The Morgan fingerprint density at radius 3 is 1.60 bits per heavy atom. The van der Waals surface area contributed by atoms with Crippen LogP contribution in [0.1, 0.15) is 13.3 Å². The first kappa shape index (κ1) is 14.3. The molecule has 0 saturated heterocycles. The van der Waals surface area contributed by atoms with E-state index >= 15 is 0 Å². The molecule has 3 N–H and O–H groups in total. The van der Waals surface area contributed by atoms with E-state index in [1.165, 1.54) is 6.92 Å². The van der Waals surface area contributed by atoms with Crippen molar-refractivity contribution in [3.8, 4) is 0 Å². The SMILES string of the molecule is CCC(C(C(=O)O)S(=O)(=O)O)S(=O)(=O)O. The summed E-state index contributed by atoms with van der Waals surface area (Å²) in [6.45, 7) is 1.17. The first-order valence-corrected chi connectivity index (χ1v) is 6.67. The van der Waals surface area contributed by atoms with Gasteiger partial charge < -0.3 is 5.11 Å². The van der Waals surface area contributed by atoms with Gasteiger partial charge in [-0.3, -0.25) is 13.9 Å². The monoisotopic (exact) mass is 262 g/mol. The highest BCUT2D eigenvalue weighted by atomic mass is 32.2. The topological polar surface area (TPSA) is 146 Å². The molecule has 0 aliphatic heterocycles. The molecule has 0 spiro atoms.